The second-order valence-electron chi connectivity index (χ2n) is 5.14. The van der Waals surface area contributed by atoms with Crippen molar-refractivity contribution in [3.8, 4) is 0 Å². The van der Waals surface area contributed by atoms with Crippen molar-refractivity contribution in [2.45, 2.75) is 20.3 Å². The first-order valence-corrected chi connectivity index (χ1v) is 9.33. The molecule has 1 aromatic carbocycles. The molecule has 0 radical (unpaired) electrons. The van der Waals surface area contributed by atoms with E-state index in [1.54, 1.807) is 6.07 Å². The summed E-state index contributed by atoms with van der Waals surface area (Å²) in [5.41, 5.74) is 1.99. The summed E-state index contributed by atoms with van der Waals surface area (Å²) in [7, 11) is -3.01. The summed E-state index contributed by atoms with van der Waals surface area (Å²) in [6.45, 7) is 5.38. The van der Waals surface area contributed by atoms with Gasteiger partial charge in [0.15, 0.2) is 5.96 Å². The highest BCUT2D eigenvalue weighted by atomic mass is 32.2. The van der Waals surface area contributed by atoms with Crippen LogP contribution in [0, 0.1) is 12.7 Å². The summed E-state index contributed by atoms with van der Waals surface area (Å²) in [5.74, 6) is 0.386. The molecule has 2 N–H and O–H groups in total. The topological polar surface area (TPSA) is 70.6 Å². The van der Waals surface area contributed by atoms with E-state index < -0.39 is 9.84 Å². The SMILES string of the molecule is CCNC(=NCCS(C)(=O)=O)NCCc1ccc(F)cc1C. The third-order valence-corrected chi connectivity index (χ3v) is 3.99. The van der Waals surface area contributed by atoms with Gasteiger partial charge in [-0.3, -0.25) is 4.99 Å². The highest BCUT2D eigenvalue weighted by Crippen LogP contribution is 2.10. The maximum atomic E-state index is 13.0. The highest BCUT2D eigenvalue weighted by Gasteiger charge is 2.03. The standard InChI is InChI=1S/C15H24FN3O2S/c1-4-17-15(19-9-10-22(3,20)21)18-8-7-13-5-6-14(16)11-12(13)2/h5-6,11H,4,7-10H2,1-3H3,(H2,17,18,19). The van der Waals surface area contributed by atoms with Gasteiger partial charge in [0.25, 0.3) is 0 Å². The normalized spacial score (nSPS) is 12.3. The number of rotatable bonds is 7. The van der Waals surface area contributed by atoms with Crippen molar-refractivity contribution < 1.29 is 12.8 Å². The van der Waals surface area contributed by atoms with Gasteiger partial charge in [0.2, 0.25) is 0 Å². The number of hydrogen-bond acceptors (Lipinski definition) is 3. The summed E-state index contributed by atoms with van der Waals surface area (Å²) >= 11 is 0. The molecule has 0 atom stereocenters. The minimum absolute atomic E-state index is 0.0284. The van der Waals surface area contributed by atoms with Gasteiger partial charge in [-0.25, -0.2) is 12.8 Å². The van der Waals surface area contributed by atoms with Crippen LogP contribution in [0.15, 0.2) is 23.2 Å². The van der Waals surface area contributed by atoms with Crippen LogP contribution in [-0.4, -0.2) is 46.0 Å². The van der Waals surface area contributed by atoms with Crippen molar-refractivity contribution in [1.29, 1.82) is 0 Å². The molecule has 22 heavy (non-hydrogen) atoms. The van der Waals surface area contributed by atoms with Crippen LogP contribution in [-0.2, 0) is 16.3 Å². The van der Waals surface area contributed by atoms with Crippen molar-refractivity contribution >= 4 is 15.8 Å². The Hall–Kier alpha value is -1.63. The molecule has 0 aliphatic heterocycles. The second-order valence-corrected chi connectivity index (χ2v) is 7.40. The Morgan fingerprint density at radius 1 is 1.32 bits per heavy atom. The minimum atomic E-state index is -3.01. The lowest BCUT2D eigenvalue weighted by molar-refractivity contribution is 0.601. The van der Waals surface area contributed by atoms with E-state index in [9.17, 15) is 12.8 Å². The average Bonchev–Trinajstić information content (AvgIpc) is 2.40. The van der Waals surface area contributed by atoms with Gasteiger partial charge in [-0.1, -0.05) is 6.07 Å². The number of aryl methyl sites for hydroxylation is 1. The molecule has 0 amide bonds. The van der Waals surface area contributed by atoms with Gasteiger partial charge in [0.1, 0.15) is 15.7 Å². The molecule has 1 rings (SSSR count). The van der Waals surface area contributed by atoms with Crippen LogP contribution >= 0.6 is 0 Å². The Balaban J connectivity index is 2.51. The fourth-order valence-corrected chi connectivity index (χ4v) is 2.34. The zero-order valence-electron chi connectivity index (χ0n) is 13.3. The Labute approximate surface area is 132 Å². The van der Waals surface area contributed by atoms with Crippen molar-refractivity contribution in [3.63, 3.8) is 0 Å². The Kier molecular flexibility index (Phi) is 7.31. The molecule has 0 saturated heterocycles. The number of benzene rings is 1. The van der Waals surface area contributed by atoms with E-state index in [1.807, 2.05) is 13.8 Å². The summed E-state index contributed by atoms with van der Waals surface area (Å²) < 4.78 is 35.2. The van der Waals surface area contributed by atoms with Crippen molar-refractivity contribution in [3.05, 3.63) is 35.1 Å². The summed E-state index contributed by atoms with van der Waals surface area (Å²) in [6.07, 6.45) is 1.93. The lowest BCUT2D eigenvalue weighted by Crippen LogP contribution is -2.38. The summed E-state index contributed by atoms with van der Waals surface area (Å²) in [6, 6.07) is 4.74. The molecule has 5 nitrogen and oxygen atoms in total. The first kappa shape index (κ1) is 18.4. The first-order chi connectivity index (χ1) is 10.3. The van der Waals surface area contributed by atoms with Gasteiger partial charge < -0.3 is 10.6 Å². The molecule has 0 aromatic heterocycles. The third kappa shape index (κ3) is 7.40. The average molecular weight is 329 g/mol. The number of nitrogens with zero attached hydrogens (tertiary/aromatic N) is 1. The molecule has 0 saturated carbocycles. The van der Waals surface area contributed by atoms with Gasteiger partial charge >= 0.3 is 0 Å². The summed E-state index contributed by atoms with van der Waals surface area (Å²) in [4.78, 5) is 4.22. The molecule has 0 aliphatic rings. The van der Waals surface area contributed by atoms with Crippen LogP contribution in [0.1, 0.15) is 18.1 Å². The predicted molar refractivity (Wildman–Crippen MR) is 88.5 cm³/mol. The molecular weight excluding hydrogens is 305 g/mol. The van der Waals surface area contributed by atoms with Crippen LogP contribution in [0.25, 0.3) is 0 Å². The molecule has 7 heteroatoms. The van der Waals surface area contributed by atoms with Crippen molar-refractivity contribution in [2.75, 3.05) is 31.6 Å². The zero-order chi connectivity index (χ0) is 16.6. The first-order valence-electron chi connectivity index (χ1n) is 7.26. The molecule has 0 fully saturated rings. The fraction of sp³-hybridized carbons (Fsp3) is 0.533. The number of nitrogens with one attached hydrogen (secondary N) is 2. The van der Waals surface area contributed by atoms with E-state index in [0.29, 0.717) is 19.0 Å². The molecular formula is C15H24FN3O2S. The molecule has 124 valence electrons. The van der Waals surface area contributed by atoms with Crippen LogP contribution in [0.3, 0.4) is 0 Å². The van der Waals surface area contributed by atoms with E-state index in [0.717, 1.165) is 17.5 Å². The number of halogens is 1. The van der Waals surface area contributed by atoms with E-state index in [-0.39, 0.29) is 18.1 Å². The van der Waals surface area contributed by atoms with E-state index in [1.165, 1.54) is 18.4 Å². The van der Waals surface area contributed by atoms with Crippen LogP contribution < -0.4 is 10.6 Å². The molecule has 0 aliphatic carbocycles. The Morgan fingerprint density at radius 3 is 2.64 bits per heavy atom. The lowest BCUT2D eigenvalue weighted by Gasteiger charge is -2.12. The fourth-order valence-electron chi connectivity index (χ4n) is 1.92. The minimum Gasteiger partial charge on any atom is -0.357 e. The maximum absolute atomic E-state index is 13.0. The molecule has 0 heterocycles. The second kappa shape index (κ2) is 8.73. The Morgan fingerprint density at radius 2 is 2.05 bits per heavy atom. The van der Waals surface area contributed by atoms with Gasteiger partial charge in [-0.2, -0.15) is 0 Å². The van der Waals surface area contributed by atoms with Crippen LogP contribution in [0.2, 0.25) is 0 Å². The van der Waals surface area contributed by atoms with E-state index >= 15 is 0 Å². The van der Waals surface area contributed by atoms with Gasteiger partial charge in [0, 0.05) is 19.3 Å². The number of aliphatic imine (C=N–C) groups is 1. The molecule has 1 aromatic rings. The predicted octanol–water partition coefficient (Wildman–Crippen LogP) is 1.28. The van der Waals surface area contributed by atoms with Crippen LogP contribution in [0.4, 0.5) is 4.39 Å². The lowest BCUT2D eigenvalue weighted by atomic mass is 10.1. The zero-order valence-corrected chi connectivity index (χ0v) is 14.1. The highest BCUT2D eigenvalue weighted by molar-refractivity contribution is 7.90. The monoisotopic (exact) mass is 329 g/mol. The quantitative estimate of drug-likeness (QED) is 0.584. The van der Waals surface area contributed by atoms with Crippen LogP contribution in [0.5, 0.6) is 0 Å². The van der Waals surface area contributed by atoms with Gasteiger partial charge in [-0.05, 0) is 43.5 Å². The third-order valence-electron chi connectivity index (χ3n) is 3.07. The maximum Gasteiger partial charge on any atom is 0.191 e. The number of hydrogen-bond donors (Lipinski definition) is 2. The van der Waals surface area contributed by atoms with Crippen molar-refractivity contribution in [1.82, 2.24) is 10.6 Å². The summed E-state index contributed by atoms with van der Waals surface area (Å²) in [5, 5.41) is 6.21. The molecule has 0 spiro atoms. The number of sulfone groups is 1. The van der Waals surface area contributed by atoms with Crippen molar-refractivity contribution in [2.24, 2.45) is 4.99 Å². The van der Waals surface area contributed by atoms with E-state index in [4.69, 9.17) is 0 Å². The van der Waals surface area contributed by atoms with E-state index in [2.05, 4.69) is 15.6 Å². The molecule has 0 bridgehead atoms. The van der Waals surface area contributed by atoms with Gasteiger partial charge in [-0.15, -0.1) is 0 Å². The number of guanidine groups is 1. The van der Waals surface area contributed by atoms with Gasteiger partial charge in [0.05, 0.1) is 12.3 Å². The molecule has 0 unspecified atom stereocenters. The Bertz CT molecular complexity index is 615. The largest absolute Gasteiger partial charge is 0.357 e. The smallest absolute Gasteiger partial charge is 0.191 e.